The molecule has 0 radical (unpaired) electrons. The van der Waals surface area contributed by atoms with Gasteiger partial charge in [0.2, 0.25) is 0 Å². The fourth-order valence-corrected chi connectivity index (χ4v) is 4.06. The van der Waals surface area contributed by atoms with Gasteiger partial charge in [-0.25, -0.2) is 9.97 Å². The van der Waals surface area contributed by atoms with E-state index >= 15 is 0 Å². The van der Waals surface area contributed by atoms with E-state index in [0.29, 0.717) is 13.1 Å². The Morgan fingerprint density at radius 1 is 1.14 bits per heavy atom. The summed E-state index contributed by atoms with van der Waals surface area (Å²) >= 11 is 1.72. The van der Waals surface area contributed by atoms with E-state index in [0.717, 1.165) is 60.8 Å². The lowest BCUT2D eigenvalue weighted by molar-refractivity contribution is 0.270. The molecule has 0 aliphatic carbocycles. The summed E-state index contributed by atoms with van der Waals surface area (Å²) in [6, 6.07) is 4.26. The molecule has 7 nitrogen and oxygen atoms in total. The minimum absolute atomic E-state index is 0. The highest BCUT2D eigenvalue weighted by molar-refractivity contribution is 14.0. The molecule has 160 valence electrons. The highest BCUT2D eigenvalue weighted by atomic mass is 127. The summed E-state index contributed by atoms with van der Waals surface area (Å²) in [4.78, 5) is 19.6. The van der Waals surface area contributed by atoms with Crippen LogP contribution in [0.3, 0.4) is 0 Å². The second-order valence-electron chi connectivity index (χ2n) is 6.97. The molecule has 0 atom stereocenters. The van der Waals surface area contributed by atoms with Crippen LogP contribution in [0, 0.1) is 13.8 Å². The van der Waals surface area contributed by atoms with E-state index in [1.807, 2.05) is 13.1 Å². The molecule has 1 aliphatic rings. The maximum Gasteiger partial charge on any atom is 0.191 e. The van der Waals surface area contributed by atoms with Crippen LogP contribution in [0.2, 0.25) is 0 Å². The molecule has 0 bridgehead atoms. The monoisotopic (exact) mass is 529 g/mol. The van der Waals surface area contributed by atoms with Crippen molar-refractivity contribution >= 4 is 47.1 Å². The van der Waals surface area contributed by atoms with Gasteiger partial charge in [0.15, 0.2) is 5.96 Å². The second kappa shape index (κ2) is 11.7. The van der Waals surface area contributed by atoms with Gasteiger partial charge in [0, 0.05) is 50.8 Å². The minimum atomic E-state index is 0. The molecule has 9 heteroatoms. The van der Waals surface area contributed by atoms with Crippen molar-refractivity contribution in [1.82, 2.24) is 25.5 Å². The highest BCUT2D eigenvalue weighted by Crippen LogP contribution is 2.16. The smallest absolute Gasteiger partial charge is 0.191 e. The number of likely N-dealkylation sites (N-methyl/N-ethyl adjacent to an activating group) is 1. The van der Waals surface area contributed by atoms with Gasteiger partial charge in [-0.3, -0.25) is 4.99 Å². The molecule has 29 heavy (non-hydrogen) atoms. The topological polar surface area (TPSA) is 68.7 Å². The normalized spacial score (nSPS) is 15.2. The molecular weight excluding hydrogens is 497 g/mol. The summed E-state index contributed by atoms with van der Waals surface area (Å²) in [6.07, 6.45) is 1.95. The zero-order valence-electron chi connectivity index (χ0n) is 17.7. The van der Waals surface area contributed by atoms with Crippen molar-refractivity contribution in [2.75, 3.05) is 44.7 Å². The second-order valence-corrected chi connectivity index (χ2v) is 8.26. The molecular formula is C20H32IN7S. The molecule has 0 unspecified atom stereocenters. The lowest BCUT2D eigenvalue weighted by Gasteiger charge is -2.34. The summed E-state index contributed by atoms with van der Waals surface area (Å²) in [7, 11) is 1.78. The van der Waals surface area contributed by atoms with Gasteiger partial charge in [-0.15, -0.1) is 35.3 Å². The van der Waals surface area contributed by atoms with E-state index in [1.54, 1.807) is 18.4 Å². The SMILES string of the molecule is CCN1CCN(c2ccc(CNC(=NC)NCc3nc(C)c(C)s3)cn2)CC1.I. The van der Waals surface area contributed by atoms with Crippen molar-refractivity contribution in [2.24, 2.45) is 4.99 Å². The first-order chi connectivity index (χ1) is 13.6. The largest absolute Gasteiger partial charge is 0.354 e. The standard InChI is InChI=1S/C20H31N7S.HI/c1-5-26-8-10-27(11-9-26)18-7-6-17(12-22-18)13-23-20(21-4)24-14-19-25-15(2)16(3)28-19;/h6-7,12H,5,8-11,13-14H2,1-4H3,(H2,21,23,24);1H. The molecule has 0 amide bonds. The third-order valence-corrected chi connectivity index (χ3v) is 6.19. The van der Waals surface area contributed by atoms with Gasteiger partial charge in [-0.1, -0.05) is 13.0 Å². The summed E-state index contributed by atoms with van der Waals surface area (Å²) in [6.45, 7) is 13.2. The summed E-state index contributed by atoms with van der Waals surface area (Å²) < 4.78 is 0. The van der Waals surface area contributed by atoms with Crippen LogP contribution in [0.4, 0.5) is 5.82 Å². The summed E-state index contributed by atoms with van der Waals surface area (Å²) in [5.74, 6) is 1.83. The maximum absolute atomic E-state index is 4.66. The molecule has 2 N–H and O–H groups in total. The Morgan fingerprint density at radius 3 is 2.41 bits per heavy atom. The predicted octanol–water partition coefficient (Wildman–Crippen LogP) is 2.78. The van der Waals surface area contributed by atoms with E-state index in [-0.39, 0.29) is 24.0 Å². The van der Waals surface area contributed by atoms with Gasteiger partial charge in [0.25, 0.3) is 0 Å². The number of hydrogen-bond donors (Lipinski definition) is 2. The Bertz CT molecular complexity index is 763. The molecule has 0 saturated carbocycles. The van der Waals surface area contributed by atoms with Gasteiger partial charge in [0.05, 0.1) is 12.2 Å². The van der Waals surface area contributed by atoms with Crippen molar-refractivity contribution in [2.45, 2.75) is 33.9 Å². The van der Waals surface area contributed by atoms with Gasteiger partial charge in [-0.2, -0.15) is 0 Å². The van der Waals surface area contributed by atoms with E-state index in [4.69, 9.17) is 0 Å². The Balaban J connectivity index is 0.00000300. The number of nitrogens with one attached hydrogen (secondary N) is 2. The zero-order valence-corrected chi connectivity index (χ0v) is 20.9. The Labute approximate surface area is 195 Å². The van der Waals surface area contributed by atoms with Gasteiger partial charge >= 0.3 is 0 Å². The molecule has 1 fully saturated rings. The molecule has 0 aromatic carbocycles. The Hall–Kier alpha value is -1.46. The average Bonchev–Trinajstić information content (AvgIpc) is 3.06. The van der Waals surface area contributed by atoms with Gasteiger partial charge in [-0.05, 0) is 32.0 Å². The summed E-state index contributed by atoms with van der Waals surface area (Å²) in [5, 5.41) is 7.74. The Kier molecular flexibility index (Phi) is 9.57. The van der Waals surface area contributed by atoms with E-state index in [9.17, 15) is 0 Å². The van der Waals surface area contributed by atoms with Crippen LogP contribution in [0.1, 0.15) is 28.1 Å². The lowest BCUT2D eigenvalue weighted by atomic mass is 10.2. The van der Waals surface area contributed by atoms with Crippen LogP contribution >= 0.6 is 35.3 Å². The van der Waals surface area contributed by atoms with Crippen LogP contribution < -0.4 is 15.5 Å². The first kappa shape index (κ1) is 23.8. The number of thiazole rings is 1. The third-order valence-electron chi connectivity index (χ3n) is 5.12. The molecule has 3 rings (SSSR count). The number of aryl methyl sites for hydroxylation is 2. The number of hydrogen-bond acceptors (Lipinski definition) is 6. The average molecular weight is 529 g/mol. The Morgan fingerprint density at radius 2 is 1.86 bits per heavy atom. The number of pyridine rings is 1. The fraction of sp³-hybridized carbons (Fsp3) is 0.550. The van der Waals surface area contributed by atoms with Crippen LogP contribution in [0.15, 0.2) is 23.3 Å². The minimum Gasteiger partial charge on any atom is -0.354 e. The van der Waals surface area contributed by atoms with Crippen molar-refractivity contribution in [3.8, 4) is 0 Å². The molecule has 1 aliphatic heterocycles. The predicted molar refractivity (Wildman–Crippen MR) is 133 cm³/mol. The number of aliphatic imine (C=N–C) groups is 1. The van der Waals surface area contributed by atoms with E-state index in [1.165, 1.54) is 4.88 Å². The number of anilines is 1. The first-order valence-corrected chi connectivity index (χ1v) is 10.7. The number of guanidine groups is 1. The fourth-order valence-electron chi connectivity index (χ4n) is 3.18. The highest BCUT2D eigenvalue weighted by Gasteiger charge is 2.16. The molecule has 0 spiro atoms. The van der Waals surface area contributed by atoms with Crippen molar-refractivity contribution in [3.05, 3.63) is 39.5 Å². The first-order valence-electron chi connectivity index (χ1n) is 9.88. The van der Waals surface area contributed by atoms with Crippen molar-refractivity contribution in [1.29, 1.82) is 0 Å². The molecule has 2 aromatic heterocycles. The van der Waals surface area contributed by atoms with Gasteiger partial charge < -0.3 is 20.4 Å². The number of aromatic nitrogens is 2. The van der Waals surface area contributed by atoms with Crippen molar-refractivity contribution in [3.63, 3.8) is 0 Å². The molecule has 2 aromatic rings. The number of rotatable bonds is 6. The molecule has 1 saturated heterocycles. The number of halogens is 1. The summed E-state index contributed by atoms with van der Waals surface area (Å²) in [5.41, 5.74) is 2.24. The van der Waals surface area contributed by atoms with Gasteiger partial charge in [0.1, 0.15) is 10.8 Å². The zero-order chi connectivity index (χ0) is 19.9. The van der Waals surface area contributed by atoms with Crippen LogP contribution in [-0.2, 0) is 13.1 Å². The lowest BCUT2D eigenvalue weighted by Crippen LogP contribution is -2.46. The van der Waals surface area contributed by atoms with Crippen LogP contribution in [0.5, 0.6) is 0 Å². The van der Waals surface area contributed by atoms with Crippen LogP contribution in [-0.4, -0.2) is 60.6 Å². The number of nitrogens with zero attached hydrogens (tertiary/aromatic N) is 5. The van der Waals surface area contributed by atoms with E-state index < -0.39 is 0 Å². The van der Waals surface area contributed by atoms with Crippen molar-refractivity contribution < 1.29 is 0 Å². The molecule has 3 heterocycles. The quantitative estimate of drug-likeness (QED) is 0.341. The van der Waals surface area contributed by atoms with E-state index in [2.05, 4.69) is 61.4 Å². The van der Waals surface area contributed by atoms with Crippen LogP contribution in [0.25, 0.3) is 0 Å². The maximum atomic E-state index is 4.66. The number of piperazine rings is 1. The third kappa shape index (κ3) is 6.78.